The third-order valence-corrected chi connectivity index (χ3v) is 4.15. The molecule has 0 radical (unpaired) electrons. The molecule has 0 spiro atoms. The number of hydrogen-bond donors (Lipinski definition) is 0. The molecule has 1 aromatic rings. The number of hydrogen-bond acceptors (Lipinski definition) is 3. The van der Waals surface area contributed by atoms with E-state index >= 15 is 0 Å². The van der Waals surface area contributed by atoms with Gasteiger partial charge in [-0.15, -0.1) is 0 Å². The van der Waals surface area contributed by atoms with Gasteiger partial charge in [0, 0.05) is 45.0 Å². The highest BCUT2D eigenvalue weighted by Crippen LogP contribution is 2.18. The quantitative estimate of drug-likeness (QED) is 0.837. The van der Waals surface area contributed by atoms with E-state index in [0.29, 0.717) is 6.10 Å². The average molecular weight is 304 g/mol. The summed E-state index contributed by atoms with van der Waals surface area (Å²) in [4.78, 5) is 16.6. The number of rotatable bonds is 5. The Kier molecular flexibility index (Phi) is 6.25. The van der Waals surface area contributed by atoms with Crippen molar-refractivity contribution < 1.29 is 9.53 Å². The molecule has 1 aliphatic heterocycles. The summed E-state index contributed by atoms with van der Waals surface area (Å²) in [5, 5.41) is 0. The Labute approximate surface area is 134 Å². The van der Waals surface area contributed by atoms with E-state index in [0.717, 1.165) is 56.6 Å². The number of amides is 1. The summed E-state index contributed by atoms with van der Waals surface area (Å²) < 4.78 is 5.84. The van der Waals surface area contributed by atoms with Crippen LogP contribution in [0.15, 0.2) is 24.3 Å². The highest BCUT2D eigenvalue weighted by atomic mass is 16.5. The maximum atomic E-state index is 12.6. The first kappa shape index (κ1) is 16.8. The Morgan fingerprint density at radius 3 is 2.59 bits per heavy atom. The predicted octanol–water partition coefficient (Wildman–Crippen LogP) is 3.17. The summed E-state index contributed by atoms with van der Waals surface area (Å²) >= 11 is 0. The zero-order valence-electron chi connectivity index (χ0n) is 14.0. The minimum Gasteiger partial charge on any atom is -0.378 e. The Morgan fingerprint density at radius 1 is 1.23 bits per heavy atom. The van der Waals surface area contributed by atoms with Crippen LogP contribution < -0.4 is 4.90 Å². The number of nitrogens with zero attached hydrogens (tertiary/aromatic N) is 2. The van der Waals surface area contributed by atoms with Crippen molar-refractivity contribution in [2.45, 2.75) is 38.7 Å². The van der Waals surface area contributed by atoms with E-state index in [1.807, 2.05) is 48.2 Å². The van der Waals surface area contributed by atoms with Crippen LogP contribution in [0, 0.1) is 0 Å². The highest BCUT2D eigenvalue weighted by molar-refractivity contribution is 5.94. The third-order valence-electron chi connectivity index (χ3n) is 4.15. The highest BCUT2D eigenvalue weighted by Gasteiger charge is 2.21. The minimum absolute atomic E-state index is 0.140. The maximum Gasteiger partial charge on any atom is 0.253 e. The van der Waals surface area contributed by atoms with Gasteiger partial charge in [-0.2, -0.15) is 0 Å². The van der Waals surface area contributed by atoms with Crippen molar-refractivity contribution in [3.63, 3.8) is 0 Å². The van der Waals surface area contributed by atoms with E-state index in [4.69, 9.17) is 4.74 Å². The van der Waals surface area contributed by atoms with Gasteiger partial charge in [0.1, 0.15) is 0 Å². The van der Waals surface area contributed by atoms with Crippen LogP contribution >= 0.6 is 0 Å². The van der Waals surface area contributed by atoms with Crippen LogP contribution in [0.5, 0.6) is 0 Å². The van der Waals surface area contributed by atoms with E-state index in [2.05, 4.69) is 6.92 Å². The SMILES string of the molecule is CCCO[C@@H]1CCCN(C(=O)c2ccc(N(C)C)cc2)CC1. The molecule has 1 amide bonds. The number of ether oxygens (including phenoxy) is 1. The van der Waals surface area contributed by atoms with Crippen LogP contribution in [0.1, 0.15) is 43.0 Å². The molecule has 0 aromatic heterocycles. The second-order valence-electron chi connectivity index (χ2n) is 6.16. The van der Waals surface area contributed by atoms with Crippen molar-refractivity contribution in [2.75, 3.05) is 38.7 Å². The Balaban J connectivity index is 1.94. The van der Waals surface area contributed by atoms with E-state index in [9.17, 15) is 4.79 Å². The number of carbonyl (C=O) groups excluding carboxylic acids is 1. The molecule has 1 aliphatic rings. The molecule has 1 atom stereocenters. The van der Waals surface area contributed by atoms with Gasteiger partial charge in [-0.1, -0.05) is 6.92 Å². The molecule has 1 heterocycles. The lowest BCUT2D eigenvalue weighted by atomic mass is 10.1. The first-order chi connectivity index (χ1) is 10.6. The largest absolute Gasteiger partial charge is 0.378 e. The zero-order valence-corrected chi connectivity index (χ0v) is 14.0. The summed E-state index contributed by atoms with van der Waals surface area (Å²) in [5.41, 5.74) is 1.89. The summed E-state index contributed by atoms with van der Waals surface area (Å²) in [7, 11) is 4.00. The van der Waals surface area contributed by atoms with Gasteiger partial charge in [0.25, 0.3) is 5.91 Å². The summed E-state index contributed by atoms with van der Waals surface area (Å²) in [6.07, 6.45) is 4.40. The van der Waals surface area contributed by atoms with Gasteiger partial charge in [0.2, 0.25) is 0 Å². The van der Waals surface area contributed by atoms with Crippen molar-refractivity contribution in [1.29, 1.82) is 0 Å². The number of benzene rings is 1. The lowest BCUT2D eigenvalue weighted by Crippen LogP contribution is -2.32. The van der Waals surface area contributed by atoms with Crippen LogP contribution in [0.4, 0.5) is 5.69 Å². The lowest BCUT2D eigenvalue weighted by Gasteiger charge is -2.21. The van der Waals surface area contributed by atoms with Crippen molar-refractivity contribution in [3.05, 3.63) is 29.8 Å². The number of anilines is 1. The van der Waals surface area contributed by atoms with Crippen LogP contribution in [0.25, 0.3) is 0 Å². The van der Waals surface area contributed by atoms with Crippen molar-refractivity contribution in [3.8, 4) is 0 Å². The van der Waals surface area contributed by atoms with E-state index in [-0.39, 0.29) is 5.91 Å². The van der Waals surface area contributed by atoms with Gasteiger partial charge in [-0.3, -0.25) is 4.79 Å². The van der Waals surface area contributed by atoms with Gasteiger partial charge in [-0.05, 0) is 49.9 Å². The topological polar surface area (TPSA) is 32.8 Å². The first-order valence-electron chi connectivity index (χ1n) is 8.30. The molecule has 0 bridgehead atoms. The van der Waals surface area contributed by atoms with E-state index in [1.165, 1.54) is 0 Å². The molecule has 0 aliphatic carbocycles. The Morgan fingerprint density at radius 2 is 1.95 bits per heavy atom. The predicted molar refractivity (Wildman–Crippen MR) is 90.6 cm³/mol. The molecule has 4 heteroatoms. The van der Waals surface area contributed by atoms with Gasteiger partial charge in [0.05, 0.1) is 6.10 Å². The monoisotopic (exact) mass is 304 g/mol. The summed E-state index contributed by atoms with van der Waals surface area (Å²) in [6.45, 7) is 4.58. The van der Waals surface area contributed by atoms with Crippen LogP contribution in [-0.2, 0) is 4.74 Å². The molecule has 2 rings (SSSR count). The molecule has 4 nitrogen and oxygen atoms in total. The fraction of sp³-hybridized carbons (Fsp3) is 0.611. The first-order valence-corrected chi connectivity index (χ1v) is 8.30. The molecular weight excluding hydrogens is 276 g/mol. The molecule has 1 saturated heterocycles. The van der Waals surface area contributed by atoms with Gasteiger partial charge >= 0.3 is 0 Å². The fourth-order valence-corrected chi connectivity index (χ4v) is 2.80. The number of likely N-dealkylation sites (tertiary alicyclic amines) is 1. The third kappa shape index (κ3) is 4.47. The normalized spacial score (nSPS) is 18.9. The smallest absolute Gasteiger partial charge is 0.253 e. The Hall–Kier alpha value is -1.55. The van der Waals surface area contributed by atoms with Gasteiger partial charge < -0.3 is 14.5 Å². The fourth-order valence-electron chi connectivity index (χ4n) is 2.80. The Bertz CT molecular complexity index is 470. The standard InChI is InChI=1S/C18H28N2O2/c1-4-14-22-17-6-5-12-20(13-11-17)18(21)15-7-9-16(10-8-15)19(2)3/h7-10,17H,4-6,11-14H2,1-3H3/t17-/m1/s1. The summed E-state index contributed by atoms with van der Waals surface area (Å²) in [6, 6.07) is 7.84. The molecule has 0 N–H and O–H groups in total. The maximum absolute atomic E-state index is 12.6. The van der Waals surface area contributed by atoms with Crippen molar-refractivity contribution in [1.82, 2.24) is 4.90 Å². The molecule has 1 aromatic carbocycles. The molecule has 0 unspecified atom stereocenters. The lowest BCUT2D eigenvalue weighted by molar-refractivity contribution is 0.0432. The van der Waals surface area contributed by atoms with Crippen molar-refractivity contribution >= 4 is 11.6 Å². The molecule has 22 heavy (non-hydrogen) atoms. The van der Waals surface area contributed by atoms with Crippen molar-refractivity contribution in [2.24, 2.45) is 0 Å². The van der Waals surface area contributed by atoms with E-state index < -0.39 is 0 Å². The summed E-state index contributed by atoms with van der Waals surface area (Å²) in [5.74, 6) is 0.140. The van der Waals surface area contributed by atoms with Crippen LogP contribution in [0.3, 0.4) is 0 Å². The second kappa shape index (κ2) is 8.18. The van der Waals surface area contributed by atoms with Gasteiger partial charge in [-0.25, -0.2) is 0 Å². The zero-order chi connectivity index (χ0) is 15.9. The molecule has 1 fully saturated rings. The van der Waals surface area contributed by atoms with Gasteiger partial charge in [0.15, 0.2) is 0 Å². The molecular formula is C18H28N2O2. The van der Waals surface area contributed by atoms with E-state index in [1.54, 1.807) is 0 Å². The second-order valence-corrected chi connectivity index (χ2v) is 6.16. The van der Waals surface area contributed by atoms with Crippen LogP contribution in [-0.4, -0.2) is 50.7 Å². The number of carbonyl (C=O) groups is 1. The molecule has 122 valence electrons. The minimum atomic E-state index is 0.140. The molecule has 0 saturated carbocycles. The van der Waals surface area contributed by atoms with Crippen LogP contribution in [0.2, 0.25) is 0 Å². The average Bonchev–Trinajstić information content (AvgIpc) is 2.78.